The molecule has 0 N–H and O–H groups in total. The van der Waals surface area contributed by atoms with E-state index in [1.54, 1.807) is 0 Å². The van der Waals surface area contributed by atoms with Crippen molar-refractivity contribution in [1.29, 1.82) is 0 Å². The van der Waals surface area contributed by atoms with E-state index in [9.17, 15) is 9.59 Å². The first-order valence-electron chi connectivity index (χ1n) is 7.70. The summed E-state index contributed by atoms with van der Waals surface area (Å²) in [5, 5.41) is 1.92. The molecule has 3 rings (SSSR count). The maximum absolute atomic E-state index is 12.4. The molecule has 0 radical (unpaired) electrons. The summed E-state index contributed by atoms with van der Waals surface area (Å²) >= 11 is 1.48. The normalized spacial score (nSPS) is 27.7. The molecular weight excluding hydrogens is 286 g/mol. The van der Waals surface area contributed by atoms with Gasteiger partial charge in [-0.25, -0.2) is 4.79 Å². The van der Waals surface area contributed by atoms with E-state index >= 15 is 0 Å². The highest BCUT2D eigenvalue weighted by molar-refractivity contribution is 7.12. The van der Waals surface area contributed by atoms with Crippen LogP contribution >= 0.6 is 11.3 Å². The van der Waals surface area contributed by atoms with Crippen LogP contribution in [0.4, 0.5) is 4.79 Å². The molecule has 2 fully saturated rings. The number of carbonyl (C=O) groups is 2. The molecule has 114 valence electrons. The fourth-order valence-electron chi connectivity index (χ4n) is 3.82. The second kappa shape index (κ2) is 6.18. The molecule has 4 nitrogen and oxygen atoms in total. The highest BCUT2D eigenvalue weighted by atomic mass is 32.1. The van der Waals surface area contributed by atoms with Gasteiger partial charge in [0.1, 0.15) is 0 Å². The molecule has 2 heterocycles. The van der Waals surface area contributed by atoms with Crippen molar-refractivity contribution in [3.8, 4) is 0 Å². The quantitative estimate of drug-likeness (QED) is 0.799. The summed E-state index contributed by atoms with van der Waals surface area (Å²) in [6, 6.07) is 3.78. The maximum Gasteiger partial charge on any atom is 0.410 e. The van der Waals surface area contributed by atoms with Crippen LogP contribution in [-0.2, 0) is 4.74 Å². The van der Waals surface area contributed by atoms with Crippen LogP contribution in [-0.4, -0.2) is 36.0 Å². The number of fused-ring (bicyclic) bond motifs is 1. The van der Waals surface area contributed by atoms with Crippen molar-refractivity contribution in [2.45, 2.75) is 38.6 Å². The zero-order valence-electron chi connectivity index (χ0n) is 12.3. The number of rotatable bonds is 4. The minimum atomic E-state index is -0.254. The van der Waals surface area contributed by atoms with Crippen LogP contribution in [0.3, 0.4) is 0 Å². The topological polar surface area (TPSA) is 46.6 Å². The molecule has 1 aliphatic heterocycles. The molecule has 0 bridgehead atoms. The number of ketones is 1. The number of likely N-dealkylation sites (tertiary alicyclic amines) is 1. The predicted octanol–water partition coefficient (Wildman–Crippen LogP) is 3.58. The Morgan fingerprint density at radius 1 is 1.43 bits per heavy atom. The largest absolute Gasteiger partial charge is 0.450 e. The van der Waals surface area contributed by atoms with Gasteiger partial charge in [0.15, 0.2) is 5.78 Å². The number of amides is 1. The van der Waals surface area contributed by atoms with E-state index in [0.717, 1.165) is 17.8 Å². The van der Waals surface area contributed by atoms with Crippen molar-refractivity contribution in [1.82, 2.24) is 4.90 Å². The smallest absolute Gasteiger partial charge is 0.410 e. The van der Waals surface area contributed by atoms with E-state index in [4.69, 9.17) is 4.74 Å². The van der Waals surface area contributed by atoms with Crippen LogP contribution < -0.4 is 0 Å². The molecule has 1 saturated carbocycles. The lowest BCUT2D eigenvalue weighted by atomic mass is 9.91. The average molecular weight is 307 g/mol. The summed E-state index contributed by atoms with van der Waals surface area (Å²) < 4.78 is 5.17. The van der Waals surface area contributed by atoms with Crippen molar-refractivity contribution in [2.24, 2.45) is 11.8 Å². The van der Waals surface area contributed by atoms with Gasteiger partial charge < -0.3 is 9.64 Å². The molecule has 2 aliphatic rings. The van der Waals surface area contributed by atoms with Gasteiger partial charge in [-0.2, -0.15) is 0 Å². The highest BCUT2D eigenvalue weighted by Gasteiger charge is 2.47. The van der Waals surface area contributed by atoms with Crippen molar-refractivity contribution in [3.05, 3.63) is 22.4 Å². The van der Waals surface area contributed by atoms with Crippen molar-refractivity contribution >= 4 is 23.2 Å². The van der Waals surface area contributed by atoms with Crippen LogP contribution in [0.15, 0.2) is 17.5 Å². The summed E-state index contributed by atoms with van der Waals surface area (Å²) in [4.78, 5) is 27.2. The molecule has 21 heavy (non-hydrogen) atoms. The molecular formula is C16H21NO3S. The molecule has 1 amide bonds. The number of hydrogen-bond acceptors (Lipinski definition) is 4. The highest BCUT2D eigenvalue weighted by Crippen LogP contribution is 2.43. The fraction of sp³-hybridized carbons (Fsp3) is 0.625. The van der Waals surface area contributed by atoms with Crippen LogP contribution in [0.1, 0.15) is 42.3 Å². The summed E-state index contributed by atoms with van der Waals surface area (Å²) in [6.07, 6.45) is 3.69. The number of nitrogens with zero attached hydrogens (tertiary/aromatic N) is 1. The van der Waals surface area contributed by atoms with E-state index in [2.05, 4.69) is 0 Å². The predicted molar refractivity (Wildman–Crippen MR) is 81.6 cm³/mol. The third-order valence-electron chi connectivity index (χ3n) is 4.74. The van der Waals surface area contributed by atoms with Gasteiger partial charge in [0, 0.05) is 19.0 Å². The van der Waals surface area contributed by atoms with E-state index in [1.807, 2.05) is 29.3 Å². The van der Waals surface area contributed by atoms with E-state index in [-0.39, 0.29) is 17.9 Å². The Bertz CT molecular complexity index is 514. The Morgan fingerprint density at radius 2 is 2.29 bits per heavy atom. The molecule has 0 spiro atoms. The van der Waals surface area contributed by atoms with Crippen LogP contribution in [0.25, 0.3) is 0 Å². The average Bonchev–Trinajstić information content (AvgIpc) is 3.16. The van der Waals surface area contributed by atoms with Gasteiger partial charge in [-0.3, -0.25) is 4.79 Å². The number of Topliss-reactive ketones (excluding diaryl/α,β-unsaturated/α-hetero) is 1. The SMILES string of the molecule is CCOC(=O)N1CC2CCCC2C1CC(=O)c1cccs1. The maximum atomic E-state index is 12.4. The molecule has 3 unspecified atom stereocenters. The van der Waals surface area contributed by atoms with Crippen LogP contribution in [0.5, 0.6) is 0 Å². The van der Waals surface area contributed by atoms with Crippen molar-refractivity contribution in [3.63, 3.8) is 0 Å². The first-order valence-corrected chi connectivity index (χ1v) is 8.58. The zero-order chi connectivity index (χ0) is 14.8. The minimum Gasteiger partial charge on any atom is -0.450 e. The van der Waals surface area contributed by atoms with Gasteiger partial charge in [-0.15, -0.1) is 11.3 Å². The van der Waals surface area contributed by atoms with Crippen molar-refractivity contribution in [2.75, 3.05) is 13.2 Å². The lowest BCUT2D eigenvalue weighted by Gasteiger charge is -2.26. The van der Waals surface area contributed by atoms with E-state index in [1.165, 1.54) is 24.2 Å². The summed E-state index contributed by atoms with van der Waals surface area (Å²) in [5.74, 6) is 1.17. The standard InChI is InChI=1S/C16H21NO3S/c1-2-20-16(19)17-10-11-5-3-6-12(11)13(17)9-14(18)15-7-4-8-21-15/h4,7-8,11-13H,2-3,5-6,9-10H2,1H3. The zero-order valence-corrected chi connectivity index (χ0v) is 13.1. The van der Waals surface area contributed by atoms with Gasteiger partial charge in [0.25, 0.3) is 0 Å². The lowest BCUT2D eigenvalue weighted by Crippen LogP contribution is -2.39. The first-order chi connectivity index (χ1) is 10.2. The Hall–Kier alpha value is -1.36. The number of ether oxygens (including phenoxy) is 1. The lowest BCUT2D eigenvalue weighted by molar-refractivity contribution is 0.0843. The van der Waals surface area contributed by atoms with Crippen LogP contribution in [0.2, 0.25) is 0 Å². The molecule has 0 aromatic carbocycles. The van der Waals surface area contributed by atoms with Gasteiger partial charge in [-0.05, 0) is 43.0 Å². The third-order valence-corrected chi connectivity index (χ3v) is 5.65. The van der Waals surface area contributed by atoms with Crippen LogP contribution in [0, 0.1) is 11.8 Å². The Morgan fingerprint density at radius 3 is 3.00 bits per heavy atom. The van der Waals surface area contributed by atoms with E-state index in [0.29, 0.717) is 24.9 Å². The summed E-state index contributed by atoms with van der Waals surface area (Å²) in [7, 11) is 0. The Balaban J connectivity index is 1.75. The Labute approximate surface area is 129 Å². The molecule has 1 saturated heterocycles. The van der Waals surface area contributed by atoms with Gasteiger partial charge in [0.05, 0.1) is 11.5 Å². The first kappa shape index (κ1) is 14.6. The summed E-state index contributed by atoms with van der Waals surface area (Å²) in [5.41, 5.74) is 0. The molecule has 5 heteroatoms. The third kappa shape index (κ3) is 2.84. The Kier molecular flexibility index (Phi) is 4.29. The number of carbonyl (C=O) groups excluding carboxylic acids is 2. The van der Waals surface area contributed by atoms with Crippen molar-refractivity contribution < 1.29 is 14.3 Å². The molecule has 1 aromatic rings. The van der Waals surface area contributed by atoms with Gasteiger partial charge in [0.2, 0.25) is 0 Å². The molecule has 1 aliphatic carbocycles. The number of hydrogen-bond donors (Lipinski definition) is 0. The minimum absolute atomic E-state index is 0.0196. The molecule has 1 aromatic heterocycles. The number of thiophene rings is 1. The second-order valence-electron chi connectivity index (χ2n) is 5.88. The van der Waals surface area contributed by atoms with Gasteiger partial charge in [-0.1, -0.05) is 12.5 Å². The van der Waals surface area contributed by atoms with E-state index < -0.39 is 0 Å². The fourth-order valence-corrected chi connectivity index (χ4v) is 4.50. The van der Waals surface area contributed by atoms with Gasteiger partial charge >= 0.3 is 6.09 Å². The monoisotopic (exact) mass is 307 g/mol. The summed E-state index contributed by atoms with van der Waals surface area (Å²) in [6.45, 7) is 2.96. The second-order valence-corrected chi connectivity index (χ2v) is 6.83. The molecule has 3 atom stereocenters.